The van der Waals surface area contributed by atoms with Crippen LogP contribution in [0.3, 0.4) is 0 Å². The third-order valence-corrected chi connectivity index (χ3v) is 4.45. The Hall–Kier alpha value is -2.27. The largest absolute Gasteiger partial charge is 0.486 e. The van der Waals surface area contributed by atoms with E-state index in [0.29, 0.717) is 13.2 Å². The van der Waals surface area contributed by atoms with Crippen LogP contribution in [0.1, 0.15) is 5.56 Å². The van der Waals surface area contributed by atoms with Gasteiger partial charge in [0.2, 0.25) is 5.91 Å². The highest BCUT2D eigenvalue weighted by atomic mass is 79.9. The molecule has 0 fully saturated rings. The van der Waals surface area contributed by atoms with Crippen LogP contribution in [0.5, 0.6) is 11.5 Å². The van der Waals surface area contributed by atoms with E-state index in [1.807, 2.05) is 48.5 Å². The van der Waals surface area contributed by atoms with Crippen molar-refractivity contribution in [1.29, 1.82) is 0 Å². The van der Waals surface area contributed by atoms with E-state index in [2.05, 4.69) is 15.9 Å². The van der Waals surface area contributed by atoms with Crippen LogP contribution in [0, 0.1) is 0 Å². The zero-order chi connectivity index (χ0) is 16.9. The van der Waals surface area contributed by atoms with Crippen molar-refractivity contribution in [2.45, 2.75) is 6.10 Å². The number of hydrogen-bond acceptors (Lipinski definition) is 3. The first-order valence-corrected chi connectivity index (χ1v) is 8.49. The molecule has 1 aliphatic heterocycles. The van der Waals surface area contributed by atoms with Gasteiger partial charge in [-0.3, -0.25) is 4.79 Å². The van der Waals surface area contributed by atoms with Gasteiger partial charge in [-0.1, -0.05) is 46.3 Å². The highest BCUT2D eigenvalue weighted by Gasteiger charge is 2.22. The molecule has 0 saturated carbocycles. The second-order valence-electron chi connectivity index (χ2n) is 5.57. The van der Waals surface area contributed by atoms with E-state index in [9.17, 15) is 4.79 Å². The van der Waals surface area contributed by atoms with Crippen molar-refractivity contribution in [3.8, 4) is 11.5 Å². The molecule has 0 radical (unpaired) electrons. The van der Waals surface area contributed by atoms with E-state index in [4.69, 9.17) is 9.47 Å². The van der Waals surface area contributed by atoms with Crippen LogP contribution >= 0.6 is 15.9 Å². The number of likely N-dealkylation sites (N-methyl/N-ethyl adjacent to an activating group) is 1. The number of fused-ring (bicyclic) bond motifs is 1. The number of benzene rings is 2. The Labute approximate surface area is 149 Å². The van der Waals surface area contributed by atoms with Gasteiger partial charge in [-0.25, -0.2) is 0 Å². The van der Waals surface area contributed by atoms with Crippen LogP contribution in [0.4, 0.5) is 0 Å². The molecule has 1 amide bonds. The number of para-hydroxylation sites is 2. The lowest BCUT2D eigenvalue weighted by Gasteiger charge is -2.29. The fourth-order valence-electron chi connectivity index (χ4n) is 2.45. The Balaban J connectivity index is 1.58. The van der Waals surface area contributed by atoms with Crippen LogP contribution in [-0.2, 0) is 4.79 Å². The maximum Gasteiger partial charge on any atom is 0.246 e. The summed E-state index contributed by atoms with van der Waals surface area (Å²) >= 11 is 3.47. The zero-order valence-corrected chi connectivity index (χ0v) is 14.9. The Kier molecular flexibility index (Phi) is 5.20. The molecule has 1 aliphatic rings. The van der Waals surface area contributed by atoms with Gasteiger partial charge in [-0.2, -0.15) is 0 Å². The summed E-state index contributed by atoms with van der Waals surface area (Å²) in [5.74, 6) is 1.39. The first-order valence-electron chi connectivity index (χ1n) is 7.69. The molecule has 124 valence electrons. The molecule has 3 rings (SSSR count). The maximum atomic E-state index is 12.3. The number of carbonyl (C=O) groups is 1. The average molecular weight is 388 g/mol. The van der Waals surface area contributed by atoms with E-state index in [1.165, 1.54) is 0 Å². The van der Waals surface area contributed by atoms with Gasteiger partial charge in [-0.05, 0) is 29.8 Å². The monoisotopic (exact) mass is 387 g/mol. The molecule has 4 nitrogen and oxygen atoms in total. The van der Waals surface area contributed by atoms with Crippen LogP contribution in [0.15, 0.2) is 59.1 Å². The summed E-state index contributed by atoms with van der Waals surface area (Å²) in [6.45, 7) is 0.899. The van der Waals surface area contributed by atoms with Crippen molar-refractivity contribution >= 4 is 27.9 Å². The van der Waals surface area contributed by atoms with E-state index >= 15 is 0 Å². The molecule has 0 aromatic heterocycles. The quantitative estimate of drug-likeness (QED) is 0.749. The predicted octanol–water partition coefficient (Wildman–Crippen LogP) is 3.76. The topological polar surface area (TPSA) is 38.8 Å². The molecule has 5 heteroatoms. The minimum Gasteiger partial charge on any atom is -0.486 e. The number of nitrogens with zero attached hydrogens (tertiary/aromatic N) is 1. The Bertz CT molecular complexity index is 760. The summed E-state index contributed by atoms with van der Waals surface area (Å²) in [4.78, 5) is 13.9. The van der Waals surface area contributed by atoms with Crippen LogP contribution in [0.2, 0.25) is 0 Å². The number of carbonyl (C=O) groups excluding carboxylic acids is 1. The van der Waals surface area contributed by atoms with Gasteiger partial charge < -0.3 is 14.4 Å². The lowest BCUT2D eigenvalue weighted by molar-refractivity contribution is -0.126. The first kappa shape index (κ1) is 16.6. The first-order chi connectivity index (χ1) is 11.6. The van der Waals surface area contributed by atoms with Gasteiger partial charge in [0.1, 0.15) is 6.61 Å². The minimum absolute atomic E-state index is 0.0757. The number of halogens is 1. The maximum absolute atomic E-state index is 12.3. The standard InChI is InChI=1S/C19H18BrNO3/c1-21(19(22)11-10-14-6-2-3-7-16(14)20)12-15-13-23-17-8-4-5-9-18(17)24-15/h2-11,15H,12-13H2,1H3/b11-10+. The third kappa shape index (κ3) is 3.97. The highest BCUT2D eigenvalue weighted by Crippen LogP contribution is 2.30. The molecule has 0 spiro atoms. The number of amides is 1. The van der Waals surface area contributed by atoms with E-state index in [-0.39, 0.29) is 12.0 Å². The Morgan fingerprint density at radius 1 is 1.21 bits per heavy atom. The SMILES string of the molecule is CN(CC1COc2ccccc2O1)C(=O)/C=C/c1ccccc1Br. The summed E-state index contributed by atoms with van der Waals surface area (Å²) in [7, 11) is 1.76. The highest BCUT2D eigenvalue weighted by molar-refractivity contribution is 9.10. The third-order valence-electron chi connectivity index (χ3n) is 3.73. The lowest BCUT2D eigenvalue weighted by Crippen LogP contribution is -2.41. The van der Waals surface area contributed by atoms with Crippen LogP contribution in [0.25, 0.3) is 6.08 Å². The van der Waals surface area contributed by atoms with Crippen LogP contribution in [-0.4, -0.2) is 37.1 Å². The Morgan fingerprint density at radius 3 is 2.71 bits per heavy atom. The molecule has 1 unspecified atom stereocenters. The normalized spacial score (nSPS) is 16.2. The van der Waals surface area contributed by atoms with Crippen molar-refractivity contribution in [1.82, 2.24) is 4.90 Å². The molecule has 0 aliphatic carbocycles. The summed E-state index contributed by atoms with van der Waals surface area (Å²) in [5, 5.41) is 0. The second kappa shape index (κ2) is 7.53. The van der Waals surface area contributed by atoms with Crippen molar-refractivity contribution in [3.63, 3.8) is 0 Å². The predicted molar refractivity (Wildman–Crippen MR) is 97.2 cm³/mol. The summed E-state index contributed by atoms with van der Waals surface area (Å²) in [5.41, 5.74) is 0.963. The number of ether oxygens (including phenoxy) is 2. The molecule has 1 atom stereocenters. The second-order valence-corrected chi connectivity index (χ2v) is 6.43. The molecule has 1 heterocycles. The van der Waals surface area contributed by atoms with Gasteiger partial charge in [0.15, 0.2) is 17.6 Å². The number of hydrogen-bond donors (Lipinski definition) is 0. The summed E-state index contributed by atoms with van der Waals surface area (Å²) in [6.07, 6.45) is 3.19. The molecular formula is C19H18BrNO3. The molecule has 0 N–H and O–H groups in total. The number of rotatable bonds is 4. The van der Waals surface area contributed by atoms with Crippen molar-refractivity contribution in [2.75, 3.05) is 20.2 Å². The van der Waals surface area contributed by atoms with Crippen molar-refractivity contribution in [2.24, 2.45) is 0 Å². The fourth-order valence-corrected chi connectivity index (χ4v) is 2.86. The molecular weight excluding hydrogens is 370 g/mol. The van der Waals surface area contributed by atoms with Gasteiger partial charge in [0.25, 0.3) is 0 Å². The Morgan fingerprint density at radius 2 is 1.92 bits per heavy atom. The lowest BCUT2D eigenvalue weighted by atomic mass is 10.2. The van der Waals surface area contributed by atoms with Crippen molar-refractivity contribution < 1.29 is 14.3 Å². The summed E-state index contributed by atoms with van der Waals surface area (Å²) in [6, 6.07) is 15.3. The fraction of sp³-hybridized carbons (Fsp3) is 0.211. The molecule has 0 bridgehead atoms. The molecule has 0 saturated heterocycles. The minimum atomic E-state index is -0.175. The smallest absolute Gasteiger partial charge is 0.246 e. The summed E-state index contributed by atoms with van der Waals surface area (Å²) < 4.78 is 12.5. The zero-order valence-electron chi connectivity index (χ0n) is 13.3. The van der Waals surface area contributed by atoms with Gasteiger partial charge in [0.05, 0.1) is 6.54 Å². The van der Waals surface area contributed by atoms with Crippen LogP contribution < -0.4 is 9.47 Å². The van der Waals surface area contributed by atoms with E-state index in [1.54, 1.807) is 24.1 Å². The van der Waals surface area contributed by atoms with Gasteiger partial charge >= 0.3 is 0 Å². The molecule has 2 aromatic rings. The van der Waals surface area contributed by atoms with Gasteiger partial charge in [0, 0.05) is 17.6 Å². The van der Waals surface area contributed by atoms with Crippen molar-refractivity contribution in [3.05, 3.63) is 64.6 Å². The van der Waals surface area contributed by atoms with E-state index < -0.39 is 0 Å². The van der Waals surface area contributed by atoms with Gasteiger partial charge in [-0.15, -0.1) is 0 Å². The molecule has 2 aromatic carbocycles. The molecule has 24 heavy (non-hydrogen) atoms. The average Bonchev–Trinajstić information content (AvgIpc) is 2.60. The van der Waals surface area contributed by atoms with E-state index in [0.717, 1.165) is 21.5 Å².